The summed E-state index contributed by atoms with van der Waals surface area (Å²) < 4.78 is 32.8. The number of hydrogen-bond donors (Lipinski definition) is 1. The molecule has 0 bridgehead atoms. The van der Waals surface area contributed by atoms with Gasteiger partial charge in [0.2, 0.25) is 0 Å². The molecule has 0 atom stereocenters. The average molecular weight is 515 g/mol. The molecule has 2 aliphatic heterocycles. The summed E-state index contributed by atoms with van der Waals surface area (Å²) in [6.45, 7) is 10.2. The van der Waals surface area contributed by atoms with Crippen molar-refractivity contribution < 1.29 is 18.6 Å². The van der Waals surface area contributed by atoms with Gasteiger partial charge < -0.3 is 19.6 Å². The number of ether oxygens (including phenoxy) is 1. The van der Waals surface area contributed by atoms with E-state index in [1.807, 2.05) is 50.2 Å². The van der Waals surface area contributed by atoms with Crippen LogP contribution >= 0.6 is 11.6 Å². The molecule has 1 N–H and O–H groups in total. The SMILES string of the molecule is CC1=CC(OCc2ncc(F)cc2F)=C(Cl)CN1c1cc(N2C=CC(C)=C(C(C)(C)O)C2)ncc1C. The predicted octanol–water partition coefficient (Wildman–Crippen LogP) is 5.88. The first-order valence-corrected chi connectivity index (χ1v) is 11.9. The molecule has 9 heteroatoms. The fraction of sp³-hybridized carbons (Fsp3) is 0.333. The van der Waals surface area contributed by atoms with Crippen molar-refractivity contribution in [2.75, 3.05) is 22.9 Å². The molecule has 0 fully saturated rings. The van der Waals surface area contributed by atoms with E-state index in [4.69, 9.17) is 16.3 Å². The standard InChI is InChI=1S/C27H29ClF2N4O2/c1-16-6-7-33(13-20(16)27(4,5)35)26-10-24(17(2)11-32-26)34-14-21(28)25(8-18(34)3)36-15-23-22(30)9-19(29)12-31-23/h6-12,35H,13-15H2,1-5H3. The molecule has 4 rings (SSSR count). The van der Waals surface area contributed by atoms with Crippen molar-refractivity contribution in [1.29, 1.82) is 0 Å². The van der Waals surface area contributed by atoms with Crippen LogP contribution in [0.15, 0.2) is 70.5 Å². The molecule has 0 saturated heterocycles. The first-order chi connectivity index (χ1) is 16.9. The predicted molar refractivity (Wildman–Crippen MR) is 137 cm³/mol. The van der Waals surface area contributed by atoms with Gasteiger partial charge in [-0.2, -0.15) is 0 Å². The van der Waals surface area contributed by atoms with E-state index < -0.39 is 17.2 Å². The summed E-state index contributed by atoms with van der Waals surface area (Å²) in [5.41, 5.74) is 3.82. The number of nitrogens with zero attached hydrogens (tertiary/aromatic N) is 4. The monoisotopic (exact) mass is 514 g/mol. The molecule has 0 unspecified atom stereocenters. The third-order valence-corrected chi connectivity index (χ3v) is 6.58. The lowest BCUT2D eigenvalue weighted by molar-refractivity contribution is 0.117. The fourth-order valence-electron chi connectivity index (χ4n) is 4.21. The van der Waals surface area contributed by atoms with Crippen molar-refractivity contribution in [3.05, 3.63) is 93.4 Å². The van der Waals surface area contributed by atoms with Crippen LogP contribution in [0.25, 0.3) is 0 Å². The number of aryl methyl sites for hydroxylation is 1. The largest absolute Gasteiger partial charge is 0.486 e. The maximum atomic E-state index is 13.9. The molecule has 0 aromatic carbocycles. The molecule has 2 aliphatic rings. The van der Waals surface area contributed by atoms with Gasteiger partial charge in [0.05, 0.1) is 23.4 Å². The van der Waals surface area contributed by atoms with Crippen LogP contribution < -0.4 is 9.80 Å². The summed E-state index contributed by atoms with van der Waals surface area (Å²) in [4.78, 5) is 12.4. The summed E-state index contributed by atoms with van der Waals surface area (Å²) in [5.74, 6) is -0.354. The third-order valence-electron chi connectivity index (χ3n) is 6.27. The molecule has 190 valence electrons. The van der Waals surface area contributed by atoms with Gasteiger partial charge in [0.1, 0.15) is 29.7 Å². The molecule has 0 saturated carbocycles. The third kappa shape index (κ3) is 5.44. The minimum Gasteiger partial charge on any atom is -0.486 e. The number of halogens is 3. The minimum atomic E-state index is -0.937. The Morgan fingerprint density at radius 2 is 1.86 bits per heavy atom. The molecule has 4 heterocycles. The number of rotatable bonds is 6. The van der Waals surface area contributed by atoms with Crippen LogP contribution in [-0.2, 0) is 11.3 Å². The molecule has 6 nitrogen and oxygen atoms in total. The first-order valence-electron chi connectivity index (χ1n) is 11.6. The smallest absolute Gasteiger partial charge is 0.151 e. The lowest BCUT2D eigenvalue weighted by atomic mass is 9.91. The van der Waals surface area contributed by atoms with Gasteiger partial charge in [0, 0.05) is 48.5 Å². The summed E-state index contributed by atoms with van der Waals surface area (Å²) in [6, 6.07) is 2.77. The molecule has 2 aromatic rings. The van der Waals surface area contributed by atoms with Crippen molar-refractivity contribution in [2.24, 2.45) is 0 Å². The number of aliphatic hydroxyl groups is 1. The molecular formula is C27H29ClF2N4O2. The Kier molecular flexibility index (Phi) is 7.20. The second-order valence-corrected chi connectivity index (χ2v) is 9.96. The average Bonchev–Trinajstić information content (AvgIpc) is 2.80. The fourth-order valence-corrected chi connectivity index (χ4v) is 4.44. The summed E-state index contributed by atoms with van der Waals surface area (Å²) in [6.07, 6.45) is 8.49. The van der Waals surface area contributed by atoms with Crippen molar-refractivity contribution in [3.8, 4) is 0 Å². The van der Waals surface area contributed by atoms with E-state index in [0.29, 0.717) is 23.9 Å². The highest BCUT2D eigenvalue weighted by atomic mass is 35.5. The second kappa shape index (κ2) is 10.0. The zero-order valence-corrected chi connectivity index (χ0v) is 21.7. The normalized spacial score (nSPS) is 16.6. The van der Waals surface area contributed by atoms with Gasteiger partial charge in [-0.15, -0.1) is 0 Å². The zero-order valence-electron chi connectivity index (χ0n) is 20.9. The van der Waals surface area contributed by atoms with Gasteiger partial charge >= 0.3 is 0 Å². The molecular weight excluding hydrogens is 486 g/mol. The van der Waals surface area contributed by atoms with Crippen LogP contribution in [0.5, 0.6) is 0 Å². The molecule has 0 radical (unpaired) electrons. The minimum absolute atomic E-state index is 0.000711. The Labute approximate surface area is 214 Å². The number of aromatic nitrogens is 2. The van der Waals surface area contributed by atoms with Crippen molar-refractivity contribution in [2.45, 2.75) is 46.8 Å². The zero-order chi connectivity index (χ0) is 26.2. The molecule has 0 spiro atoms. The van der Waals surface area contributed by atoms with E-state index in [9.17, 15) is 13.9 Å². The van der Waals surface area contributed by atoms with Crippen LogP contribution in [0.1, 0.15) is 39.0 Å². The summed E-state index contributed by atoms with van der Waals surface area (Å²) in [5, 5.41) is 11.0. The van der Waals surface area contributed by atoms with E-state index in [0.717, 1.165) is 46.2 Å². The van der Waals surface area contributed by atoms with Gasteiger partial charge in [0.15, 0.2) is 5.82 Å². The maximum absolute atomic E-state index is 13.9. The van der Waals surface area contributed by atoms with E-state index in [1.54, 1.807) is 19.9 Å². The Morgan fingerprint density at radius 3 is 2.56 bits per heavy atom. The summed E-state index contributed by atoms with van der Waals surface area (Å²) >= 11 is 6.57. The molecule has 0 amide bonds. The van der Waals surface area contributed by atoms with Crippen LogP contribution in [0, 0.1) is 18.6 Å². The van der Waals surface area contributed by atoms with Crippen LogP contribution in [-0.4, -0.2) is 33.8 Å². The second-order valence-electron chi connectivity index (χ2n) is 9.50. The highest BCUT2D eigenvalue weighted by molar-refractivity contribution is 6.30. The maximum Gasteiger partial charge on any atom is 0.151 e. The molecule has 36 heavy (non-hydrogen) atoms. The quantitative estimate of drug-likeness (QED) is 0.520. The Hall–Kier alpha value is -3.23. The van der Waals surface area contributed by atoms with Crippen LogP contribution in [0.2, 0.25) is 0 Å². The lowest BCUT2D eigenvalue weighted by Gasteiger charge is -2.34. The van der Waals surface area contributed by atoms with Gasteiger partial charge in [-0.05, 0) is 57.4 Å². The molecule has 0 aliphatic carbocycles. The highest BCUT2D eigenvalue weighted by Crippen LogP contribution is 2.34. The summed E-state index contributed by atoms with van der Waals surface area (Å²) in [7, 11) is 0. The lowest BCUT2D eigenvalue weighted by Crippen LogP contribution is -2.34. The number of anilines is 2. The Bertz CT molecular complexity index is 1310. The van der Waals surface area contributed by atoms with E-state index in [-0.39, 0.29) is 12.3 Å². The van der Waals surface area contributed by atoms with Gasteiger partial charge in [-0.25, -0.2) is 13.8 Å². The Balaban J connectivity index is 1.54. The number of pyridine rings is 2. The van der Waals surface area contributed by atoms with Crippen molar-refractivity contribution >= 4 is 23.1 Å². The van der Waals surface area contributed by atoms with Crippen LogP contribution in [0.3, 0.4) is 0 Å². The first kappa shape index (κ1) is 25.9. The van der Waals surface area contributed by atoms with Gasteiger partial charge in [-0.3, -0.25) is 4.98 Å². The van der Waals surface area contributed by atoms with E-state index in [2.05, 4.69) is 14.9 Å². The number of allylic oxidation sites excluding steroid dienone is 4. The molecule has 2 aromatic heterocycles. The van der Waals surface area contributed by atoms with Crippen LogP contribution in [0.4, 0.5) is 20.3 Å². The van der Waals surface area contributed by atoms with Crippen molar-refractivity contribution in [3.63, 3.8) is 0 Å². The Morgan fingerprint density at radius 1 is 1.11 bits per heavy atom. The van der Waals surface area contributed by atoms with E-state index >= 15 is 0 Å². The van der Waals surface area contributed by atoms with Gasteiger partial charge in [0.25, 0.3) is 0 Å². The topological polar surface area (TPSA) is 61.7 Å². The van der Waals surface area contributed by atoms with Crippen molar-refractivity contribution in [1.82, 2.24) is 9.97 Å². The number of hydrogen-bond acceptors (Lipinski definition) is 6. The van der Waals surface area contributed by atoms with E-state index in [1.165, 1.54) is 0 Å². The van der Waals surface area contributed by atoms with Gasteiger partial charge in [-0.1, -0.05) is 11.6 Å². The highest BCUT2D eigenvalue weighted by Gasteiger charge is 2.27.